The number of carbonyl (C=O) groups excluding carboxylic acids is 2. The van der Waals surface area contributed by atoms with E-state index in [1.54, 1.807) is 4.90 Å². The van der Waals surface area contributed by atoms with E-state index in [-0.39, 0.29) is 30.3 Å². The standard InChI is InChI=1S/C27H27ClN4O2/c1-4-22(34)31-11-17(12-31)30-21(33)13-32-26-14(2)9-20(28)23-15(3)18-7-8-29-10-19(18)24(25(23)26)27(32)16-5-6-16/h4,7-10,15-17H,1,5-6,11-13H2,2-3H3,(H,30,33). The lowest BCUT2D eigenvalue weighted by atomic mass is 9.79. The molecule has 0 bridgehead atoms. The summed E-state index contributed by atoms with van der Waals surface area (Å²) in [5.41, 5.74) is 8.16. The topological polar surface area (TPSA) is 67.2 Å². The Kier molecular flexibility index (Phi) is 4.85. The van der Waals surface area contributed by atoms with E-state index in [0.717, 1.165) is 40.1 Å². The Morgan fingerprint density at radius 2 is 2.09 bits per heavy atom. The minimum atomic E-state index is -0.0950. The van der Waals surface area contributed by atoms with Gasteiger partial charge in [-0.15, -0.1) is 0 Å². The van der Waals surface area contributed by atoms with Gasteiger partial charge in [0.25, 0.3) is 0 Å². The van der Waals surface area contributed by atoms with Crippen molar-refractivity contribution in [3.8, 4) is 11.1 Å². The Bertz CT molecular complexity index is 1380. The zero-order chi connectivity index (χ0) is 23.7. The van der Waals surface area contributed by atoms with E-state index in [2.05, 4.69) is 41.4 Å². The summed E-state index contributed by atoms with van der Waals surface area (Å²) in [5, 5.41) is 5.08. The minimum Gasteiger partial charge on any atom is -0.348 e. The number of nitrogens with zero attached hydrogens (tertiary/aromatic N) is 3. The van der Waals surface area contributed by atoms with Crippen molar-refractivity contribution in [2.45, 2.75) is 51.1 Å². The molecule has 1 unspecified atom stereocenters. The van der Waals surface area contributed by atoms with Gasteiger partial charge in [-0.25, -0.2) is 0 Å². The van der Waals surface area contributed by atoms with Crippen LogP contribution < -0.4 is 5.32 Å². The van der Waals surface area contributed by atoms with Gasteiger partial charge >= 0.3 is 0 Å². The van der Waals surface area contributed by atoms with Gasteiger partial charge in [-0.2, -0.15) is 0 Å². The quantitative estimate of drug-likeness (QED) is 0.553. The van der Waals surface area contributed by atoms with Gasteiger partial charge in [0, 0.05) is 58.6 Å². The van der Waals surface area contributed by atoms with Crippen LogP contribution >= 0.6 is 11.6 Å². The Balaban J connectivity index is 1.44. The molecule has 1 N–H and O–H groups in total. The molecule has 2 amide bonds. The highest BCUT2D eigenvalue weighted by Gasteiger charge is 2.39. The smallest absolute Gasteiger partial charge is 0.246 e. The normalized spacial score (nSPS) is 19.0. The number of fused-ring (bicyclic) bond motifs is 2. The third-order valence-electron chi connectivity index (χ3n) is 7.57. The molecule has 7 heteroatoms. The predicted octanol–water partition coefficient (Wildman–Crippen LogP) is 4.52. The van der Waals surface area contributed by atoms with Gasteiger partial charge < -0.3 is 14.8 Å². The fraction of sp³-hybridized carbons (Fsp3) is 0.370. The van der Waals surface area contributed by atoms with Crippen LogP contribution in [0.25, 0.3) is 22.0 Å². The number of pyridine rings is 1. The molecule has 1 saturated heterocycles. The van der Waals surface area contributed by atoms with Crippen LogP contribution in [-0.4, -0.2) is 45.4 Å². The summed E-state index contributed by atoms with van der Waals surface area (Å²) in [6.45, 7) is 9.11. The van der Waals surface area contributed by atoms with Crippen LogP contribution in [0.15, 0.2) is 37.2 Å². The maximum Gasteiger partial charge on any atom is 0.246 e. The molecule has 3 aliphatic rings. The fourth-order valence-corrected chi connectivity index (χ4v) is 6.27. The first kappa shape index (κ1) is 21.4. The van der Waals surface area contributed by atoms with Crippen molar-refractivity contribution in [1.82, 2.24) is 19.8 Å². The summed E-state index contributed by atoms with van der Waals surface area (Å²) < 4.78 is 2.23. The molecule has 2 aliphatic carbocycles. The SMILES string of the molecule is C=CC(=O)N1CC(NC(=O)Cn2c(C3CC3)c3c4c(c(Cl)cc(C)c42)C(C)c2ccncc2-3)C1. The Hall–Kier alpha value is -3.12. The molecule has 1 aliphatic heterocycles. The highest BCUT2D eigenvalue weighted by molar-refractivity contribution is 6.33. The number of carbonyl (C=O) groups is 2. The predicted molar refractivity (Wildman–Crippen MR) is 133 cm³/mol. The number of hydrogen-bond acceptors (Lipinski definition) is 3. The maximum absolute atomic E-state index is 13.2. The first-order valence-corrected chi connectivity index (χ1v) is 12.3. The zero-order valence-corrected chi connectivity index (χ0v) is 20.2. The summed E-state index contributed by atoms with van der Waals surface area (Å²) in [5.74, 6) is 0.464. The van der Waals surface area contributed by atoms with Gasteiger partial charge in [0.1, 0.15) is 6.54 Å². The number of halogens is 1. The summed E-state index contributed by atoms with van der Waals surface area (Å²) in [4.78, 5) is 31.1. The summed E-state index contributed by atoms with van der Waals surface area (Å²) in [6, 6.07) is 4.12. The van der Waals surface area contributed by atoms with Crippen LogP contribution in [-0.2, 0) is 16.1 Å². The largest absolute Gasteiger partial charge is 0.348 e. The zero-order valence-electron chi connectivity index (χ0n) is 19.4. The molecule has 0 radical (unpaired) electrons. The number of nitrogens with one attached hydrogen (secondary N) is 1. The van der Waals surface area contributed by atoms with E-state index < -0.39 is 0 Å². The van der Waals surface area contributed by atoms with Crippen LogP contribution in [0, 0.1) is 6.92 Å². The van der Waals surface area contributed by atoms with Gasteiger partial charge in [-0.05, 0) is 60.6 Å². The average Bonchev–Trinajstić information content (AvgIpc) is 3.57. The van der Waals surface area contributed by atoms with E-state index in [0.29, 0.717) is 19.0 Å². The second kappa shape index (κ2) is 7.70. The lowest BCUT2D eigenvalue weighted by molar-refractivity contribution is -0.133. The van der Waals surface area contributed by atoms with Crippen LogP contribution in [0.5, 0.6) is 0 Å². The minimum absolute atomic E-state index is 0.0196. The number of rotatable bonds is 5. The molecule has 6 nitrogen and oxygen atoms in total. The first-order chi connectivity index (χ1) is 16.4. The Morgan fingerprint density at radius 3 is 2.79 bits per heavy atom. The van der Waals surface area contributed by atoms with Gasteiger partial charge in [0.15, 0.2) is 0 Å². The molecule has 1 saturated carbocycles. The van der Waals surface area contributed by atoms with E-state index in [9.17, 15) is 9.59 Å². The lowest BCUT2D eigenvalue weighted by Crippen LogP contribution is -2.61. The molecule has 0 spiro atoms. The molecule has 1 aromatic carbocycles. The van der Waals surface area contributed by atoms with E-state index >= 15 is 0 Å². The fourth-order valence-electron chi connectivity index (χ4n) is 5.85. The van der Waals surface area contributed by atoms with Crippen molar-refractivity contribution in [3.05, 3.63) is 64.6 Å². The molecular formula is C27H27ClN4O2. The third kappa shape index (κ3) is 3.12. The van der Waals surface area contributed by atoms with Gasteiger partial charge in [0.05, 0.1) is 11.6 Å². The van der Waals surface area contributed by atoms with Crippen molar-refractivity contribution >= 4 is 34.3 Å². The molecule has 174 valence electrons. The van der Waals surface area contributed by atoms with Crippen molar-refractivity contribution in [2.24, 2.45) is 0 Å². The average molecular weight is 475 g/mol. The molecular weight excluding hydrogens is 448 g/mol. The van der Waals surface area contributed by atoms with Crippen LogP contribution in [0.3, 0.4) is 0 Å². The van der Waals surface area contributed by atoms with Gasteiger partial charge in [0.2, 0.25) is 11.8 Å². The molecule has 6 rings (SSSR count). The highest BCUT2D eigenvalue weighted by atomic mass is 35.5. The van der Waals surface area contributed by atoms with Crippen molar-refractivity contribution in [1.29, 1.82) is 0 Å². The molecule has 1 atom stereocenters. The monoisotopic (exact) mass is 474 g/mol. The number of amides is 2. The summed E-state index contributed by atoms with van der Waals surface area (Å²) in [7, 11) is 0. The number of aryl methyl sites for hydroxylation is 1. The van der Waals surface area contributed by atoms with Crippen molar-refractivity contribution < 1.29 is 9.59 Å². The van der Waals surface area contributed by atoms with Gasteiger partial charge in [-0.1, -0.05) is 25.1 Å². The van der Waals surface area contributed by atoms with E-state index in [1.807, 2.05) is 18.5 Å². The number of hydrogen-bond donors (Lipinski definition) is 1. The third-order valence-corrected chi connectivity index (χ3v) is 7.88. The number of benzene rings is 1. The first-order valence-electron chi connectivity index (χ1n) is 11.9. The van der Waals surface area contributed by atoms with Crippen LogP contribution in [0.1, 0.15) is 54.0 Å². The van der Waals surface area contributed by atoms with Crippen LogP contribution in [0.2, 0.25) is 5.02 Å². The Morgan fingerprint density at radius 1 is 1.32 bits per heavy atom. The summed E-state index contributed by atoms with van der Waals surface area (Å²) in [6.07, 6.45) is 7.38. The molecule has 3 aromatic rings. The number of likely N-dealkylation sites (tertiary alicyclic amines) is 1. The maximum atomic E-state index is 13.2. The summed E-state index contributed by atoms with van der Waals surface area (Å²) >= 11 is 6.84. The van der Waals surface area contributed by atoms with E-state index in [1.165, 1.54) is 28.3 Å². The van der Waals surface area contributed by atoms with Crippen LogP contribution in [0.4, 0.5) is 0 Å². The van der Waals surface area contributed by atoms with Gasteiger partial charge in [-0.3, -0.25) is 14.6 Å². The molecule has 2 fully saturated rings. The van der Waals surface area contributed by atoms with E-state index in [4.69, 9.17) is 11.6 Å². The number of aromatic nitrogens is 2. The lowest BCUT2D eigenvalue weighted by Gasteiger charge is -2.39. The molecule has 34 heavy (non-hydrogen) atoms. The highest BCUT2D eigenvalue weighted by Crippen LogP contribution is 2.55. The van der Waals surface area contributed by atoms with Crippen molar-refractivity contribution in [3.63, 3.8) is 0 Å². The second-order valence-electron chi connectivity index (χ2n) is 9.83. The second-order valence-corrected chi connectivity index (χ2v) is 10.2. The Labute approximate surface area is 203 Å². The van der Waals surface area contributed by atoms with Crippen molar-refractivity contribution in [2.75, 3.05) is 13.1 Å². The molecule has 3 heterocycles. The molecule has 2 aromatic heterocycles.